The largest absolute Gasteiger partial charge is 0.375 e. The number of anilines is 2. The van der Waals surface area contributed by atoms with Crippen LogP contribution >= 0.6 is 11.6 Å². The van der Waals surface area contributed by atoms with E-state index in [9.17, 15) is 13.2 Å². The fourth-order valence-corrected chi connectivity index (χ4v) is 2.00. The van der Waals surface area contributed by atoms with Crippen molar-refractivity contribution in [2.45, 2.75) is 25.3 Å². The van der Waals surface area contributed by atoms with Crippen molar-refractivity contribution in [3.05, 3.63) is 59.4 Å². The Labute approximate surface area is 138 Å². The fraction of sp³-hybridized carbons (Fsp3) is 0.294. The lowest BCUT2D eigenvalue weighted by Crippen LogP contribution is -2.18. The maximum atomic E-state index is 13.9. The van der Waals surface area contributed by atoms with Crippen LogP contribution in [0.1, 0.15) is 19.4 Å². The van der Waals surface area contributed by atoms with Gasteiger partial charge >= 0.3 is 0 Å². The summed E-state index contributed by atoms with van der Waals surface area (Å²) in [6, 6.07) is 7.63. The van der Waals surface area contributed by atoms with Crippen LogP contribution in [0.4, 0.5) is 24.5 Å². The van der Waals surface area contributed by atoms with E-state index in [1.165, 1.54) is 18.2 Å². The summed E-state index contributed by atoms with van der Waals surface area (Å²) in [4.78, 5) is -0.503. The van der Waals surface area contributed by atoms with Crippen LogP contribution in [-0.2, 0) is 11.3 Å². The molecule has 0 unspecified atom stereocenters. The predicted octanol–water partition coefficient (Wildman–Crippen LogP) is 5.38. The van der Waals surface area contributed by atoms with Gasteiger partial charge in [-0.05, 0) is 43.7 Å². The SMILES string of the molecule is CC(C)(Cl)COCc1ccc(F)c(Nc2c(F)cccc2F)c1. The molecule has 124 valence electrons. The van der Waals surface area contributed by atoms with Crippen LogP contribution in [-0.4, -0.2) is 11.5 Å². The van der Waals surface area contributed by atoms with E-state index in [1.54, 1.807) is 6.07 Å². The number of nitrogens with one attached hydrogen (secondary N) is 1. The van der Waals surface area contributed by atoms with Crippen molar-refractivity contribution in [3.63, 3.8) is 0 Å². The number of halogens is 4. The number of rotatable bonds is 6. The third kappa shape index (κ3) is 5.15. The highest BCUT2D eigenvalue weighted by Gasteiger charge is 2.14. The van der Waals surface area contributed by atoms with Gasteiger partial charge in [0.1, 0.15) is 23.1 Å². The highest BCUT2D eigenvalue weighted by molar-refractivity contribution is 6.23. The summed E-state index contributed by atoms with van der Waals surface area (Å²) in [7, 11) is 0. The molecular formula is C17H17ClF3NO. The van der Waals surface area contributed by atoms with Gasteiger partial charge in [0, 0.05) is 0 Å². The molecule has 0 bridgehead atoms. The Morgan fingerprint density at radius 2 is 1.70 bits per heavy atom. The summed E-state index contributed by atoms with van der Waals surface area (Å²) in [6.45, 7) is 4.15. The smallest absolute Gasteiger partial charge is 0.149 e. The lowest BCUT2D eigenvalue weighted by molar-refractivity contribution is 0.105. The summed E-state index contributed by atoms with van der Waals surface area (Å²) in [5.74, 6) is -2.21. The van der Waals surface area contributed by atoms with E-state index < -0.39 is 28.0 Å². The summed E-state index contributed by atoms with van der Waals surface area (Å²) >= 11 is 6.02. The summed E-state index contributed by atoms with van der Waals surface area (Å²) in [5.41, 5.74) is 0.234. The van der Waals surface area contributed by atoms with E-state index in [0.29, 0.717) is 12.2 Å². The molecule has 2 aromatic carbocycles. The predicted molar refractivity (Wildman–Crippen MR) is 85.6 cm³/mol. The molecule has 2 nitrogen and oxygen atoms in total. The first-order chi connectivity index (χ1) is 10.8. The van der Waals surface area contributed by atoms with Gasteiger partial charge in [-0.3, -0.25) is 0 Å². The Hall–Kier alpha value is -1.72. The number of hydrogen-bond donors (Lipinski definition) is 1. The van der Waals surface area contributed by atoms with Gasteiger partial charge in [-0.25, -0.2) is 13.2 Å². The summed E-state index contributed by atoms with van der Waals surface area (Å²) < 4.78 is 46.6. The van der Waals surface area contributed by atoms with Crippen LogP contribution in [0.15, 0.2) is 36.4 Å². The van der Waals surface area contributed by atoms with Gasteiger partial charge in [-0.15, -0.1) is 11.6 Å². The fourth-order valence-electron chi connectivity index (χ4n) is 1.92. The molecule has 0 saturated heterocycles. The minimum absolute atomic E-state index is 0.0276. The molecule has 0 atom stereocenters. The first kappa shape index (κ1) is 17.6. The maximum Gasteiger partial charge on any atom is 0.149 e. The number of ether oxygens (including phenoxy) is 1. The first-order valence-electron chi connectivity index (χ1n) is 7.02. The molecule has 0 aliphatic heterocycles. The molecular weight excluding hydrogens is 327 g/mol. The van der Waals surface area contributed by atoms with Gasteiger partial charge < -0.3 is 10.1 Å². The van der Waals surface area contributed by atoms with Gasteiger partial charge in [-0.2, -0.15) is 0 Å². The van der Waals surface area contributed by atoms with Crippen molar-refractivity contribution >= 4 is 23.0 Å². The van der Waals surface area contributed by atoms with E-state index in [2.05, 4.69) is 5.32 Å². The summed E-state index contributed by atoms with van der Waals surface area (Å²) in [5, 5.41) is 2.45. The highest BCUT2D eigenvalue weighted by Crippen LogP contribution is 2.26. The molecule has 0 heterocycles. The van der Waals surface area contributed by atoms with E-state index in [0.717, 1.165) is 12.1 Å². The maximum absolute atomic E-state index is 13.9. The number of hydrogen-bond acceptors (Lipinski definition) is 2. The first-order valence-corrected chi connectivity index (χ1v) is 7.40. The molecule has 0 amide bonds. The van der Waals surface area contributed by atoms with Crippen molar-refractivity contribution in [1.82, 2.24) is 0 Å². The average Bonchev–Trinajstić information content (AvgIpc) is 2.44. The van der Waals surface area contributed by atoms with Crippen molar-refractivity contribution in [2.24, 2.45) is 0 Å². The zero-order valence-corrected chi connectivity index (χ0v) is 13.6. The molecule has 0 radical (unpaired) electrons. The molecule has 2 rings (SSSR count). The van der Waals surface area contributed by atoms with Crippen molar-refractivity contribution in [2.75, 3.05) is 11.9 Å². The third-order valence-corrected chi connectivity index (χ3v) is 3.08. The highest BCUT2D eigenvalue weighted by atomic mass is 35.5. The molecule has 0 fully saturated rings. The van der Waals surface area contributed by atoms with E-state index in [-0.39, 0.29) is 12.3 Å². The number of alkyl halides is 1. The number of para-hydroxylation sites is 1. The second-order valence-electron chi connectivity index (χ2n) is 5.75. The van der Waals surface area contributed by atoms with Gasteiger partial charge in [0.05, 0.1) is 23.8 Å². The Kier molecular flexibility index (Phi) is 5.55. The normalized spacial score (nSPS) is 11.6. The van der Waals surface area contributed by atoms with Gasteiger partial charge in [-0.1, -0.05) is 12.1 Å². The van der Waals surface area contributed by atoms with Crippen LogP contribution < -0.4 is 5.32 Å². The molecule has 6 heteroatoms. The molecule has 0 spiro atoms. The van der Waals surface area contributed by atoms with Crippen LogP contribution in [0.25, 0.3) is 0 Å². The topological polar surface area (TPSA) is 21.3 Å². The van der Waals surface area contributed by atoms with Gasteiger partial charge in [0.15, 0.2) is 0 Å². The molecule has 23 heavy (non-hydrogen) atoms. The van der Waals surface area contributed by atoms with E-state index in [1.807, 2.05) is 13.8 Å². The molecule has 0 aliphatic rings. The van der Waals surface area contributed by atoms with Gasteiger partial charge in [0.2, 0.25) is 0 Å². The lowest BCUT2D eigenvalue weighted by Gasteiger charge is -2.16. The quantitative estimate of drug-likeness (QED) is 0.711. The standard InChI is InChI=1S/C17H17ClF3NO/c1-17(2,18)10-23-9-11-6-7-12(19)15(8-11)22-16-13(20)4-3-5-14(16)21/h3-8,22H,9-10H2,1-2H3. The number of benzene rings is 2. The second kappa shape index (κ2) is 7.23. The van der Waals surface area contributed by atoms with E-state index >= 15 is 0 Å². The molecule has 0 aromatic heterocycles. The third-order valence-electron chi connectivity index (χ3n) is 2.97. The minimum Gasteiger partial charge on any atom is -0.375 e. The average molecular weight is 344 g/mol. The van der Waals surface area contributed by atoms with Crippen LogP contribution in [0.2, 0.25) is 0 Å². The Morgan fingerprint density at radius 1 is 1.04 bits per heavy atom. The Bertz CT molecular complexity index is 666. The molecule has 0 saturated carbocycles. The van der Waals surface area contributed by atoms with E-state index in [4.69, 9.17) is 16.3 Å². The second-order valence-corrected chi connectivity index (χ2v) is 6.77. The van der Waals surface area contributed by atoms with Crippen LogP contribution in [0, 0.1) is 17.5 Å². The lowest BCUT2D eigenvalue weighted by atomic mass is 10.2. The van der Waals surface area contributed by atoms with Crippen LogP contribution in [0.5, 0.6) is 0 Å². The zero-order valence-electron chi connectivity index (χ0n) is 12.8. The Balaban J connectivity index is 2.15. The zero-order chi connectivity index (χ0) is 17.0. The van der Waals surface area contributed by atoms with Gasteiger partial charge in [0.25, 0.3) is 0 Å². The van der Waals surface area contributed by atoms with Crippen LogP contribution in [0.3, 0.4) is 0 Å². The minimum atomic E-state index is -0.796. The molecule has 2 aromatic rings. The summed E-state index contributed by atoms with van der Waals surface area (Å²) in [6.07, 6.45) is 0. The van der Waals surface area contributed by atoms with Crippen molar-refractivity contribution < 1.29 is 17.9 Å². The van der Waals surface area contributed by atoms with Crippen molar-refractivity contribution in [3.8, 4) is 0 Å². The molecule has 1 N–H and O–H groups in total. The molecule has 0 aliphatic carbocycles. The van der Waals surface area contributed by atoms with Crippen molar-refractivity contribution in [1.29, 1.82) is 0 Å². The Morgan fingerprint density at radius 3 is 2.30 bits per heavy atom. The monoisotopic (exact) mass is 343 g/mol.